The van der Waals surface area contributed by atoms with Gasteiger partial charge in [0.25, 0.3) is 0 Å². The average Bonchev–Trinajstić information content (AvgIpc) is 2.20. The van der Waals surface area contributed by atoms with Gasteiger partial charge in [-0.3, -0.25) is 0 Å². The summed E-state index contributed by atoms with van der Waals surface area (Å²) < 4.78 is 0. The van der Waals surface area contributed by atoms with E-state index in [1.807, 2.05) is 13.8 Å². The minimum absolute atomic E-state index is 0.588. The summed E-state index contributed by atoms with van der Waals surface area (Å²) in [6.07, 6.45) is 6.19. The van der Waals surface area contributed by atoms with Gasteiger partial charge in [0.05, 0.1) is 0 Å². The van der Waals surface area contributed by atoms with Crippen LogP contribution in [0.25, 0.3) is 0 Å². The maximum Gasteiger partial charge on any atom is 0.0337 e. The predicted molar refractivity (Wildman–Crippen MR) is 58.1 cm³/mol. The highest BCUT2D eigenvalue weighted by atomic mass is 14.9. The quantitative estimate of drug-likeness (QED) is 0.467. The van der Waals surface area contributed by atoms with Crippen LogP contribution in [0.1, 0.15) is 27.2 Å². The van der Waals surface area contributed by atoms with Crippen molar-refractivity contribution < 1.29 is 0 Å². The fourth-order valence-corrected chi connectivity index (χ4v) is 1.20. The molecule has 0 radical (unpaired) electrons. The summed E-state index contributed by atoms with van der Waals surface area (Å²) in [5.41, 5.74) is 2.58. The minimum atomic E-state index is 0.588. The monoisotopic (exact) mass is 178 g/mol. The van der Waals surface area contributed by atoms with Crippen LogP contribution in [0, 0.1) is 17.8 Å². The van der Waals surface area contributed by atoms with Gasteiger partial charge in [0.15, 0.2) is 0 Å². The molecule has 0 aromatic carbocycles. The normalized spacial score (nSPS) is 15.5. The van der Waals surface area contributed by atoms with Crippen LogP contribution in [0.5, 0.6) is 0 Å². The topological polar surface area (TPSA) is 35.9 Å². The van der Waals surface area contributed by atoms with Crippen molar-refractivity contribution in [3.05, 3.63) is 11.1 Å². The second kappa shape index (κ2) is 6.45. The Balaban J connectivity index is 0.000000671. The van der Waals surface area contributed by atoms with Gasteiger partial charge in [-0.15, -0.1) is 6.42 Å². The first-order valence-corrected chi connectivity index (χ1v) is 4.70. The third-order valence-electron chi connectivity index (χ3n) is 1.84. The van der Waals surface area contributed by atoms with Crippen molar-refractivity contribution in [1.29, 1.82) is 5.41 Å². The molecule has 13 heavy (non-hydrogen) atoms. The van der Waals surface area contributed by atoms with Crippen LogP contribution in [-0.4, -0.2) is 18.8 Å². The number of terminal acetylenes is 1. The number of nitrogens with one attached hydrogen (secondary N) is 2. The molecule has 0 saturated carbocycles. The average molecular weight is 178 g/mol. The highest BCUT2D eigenvalue weighted by molar-refractivity contribution is 5.97. The molecule has 2 N–H and O–H groups in total. The second-order valence-corrected chi connectivity index (χ2v) is 2.65. The first-order chi connectivity index (χ1) is 6.25. The van der Waals surface area contributed by atoms with Gasteiger partial charge >= 0.3 is 0 Å². The molecule has 0 atom stereocenters. The van der Waals surface area contributed by atoms with Crippen molar-refractivity contribution in [2.45, 2.75) is 27.2 Å². The molecule has 72 valence electrons. The van der Waals surface area contributed by atoms with E-state index in [9.17, 15) is 0 Å². The molecule has 1 heterocycles. The summed E-state index contributed by atoms with van der Waals surface area (Å²) in [5, 5.41) is 10.6. The summed E-state index contributed by atoms with van der Waals surface area (Å²) >= 11 is 0. The van der Waals surface area contributed by atoms with Crippen molar-refractivity contribution in [2.24, 2.45) is 0 Å². The van der Waals surface area contributed by atoms with E-state index in [0.717, 1.165) is 30.7 Å². The zero-order chi connectivity index (χ0) is 10.3. The molecule has 1 rings (SSSR count). The Morgan fingerprint density at radius 3 is 2.54 bits per heavy atom. The molecular weight excluding hydrogens is 160 g/mol. The molecule has 0 aromatic heterocycles. The third kappa shape index (κ3) is 3.43. The maximum atomic E-state index is 7.43. The van der Waals surface area contributed by atoms with Crippen molar-refractivity contribution >= 4 is 5.71 Å². The minimum Gasteiger partial charge on any atom is -0.312 e. The Morgan fingerprint density at radius 2 is 2.15 bits per heavy atom. The molecule has 0 spiro atoms. The van der Waals surface area contributed by atoms with E-state index in [1.165, 1.54) is 0 Å². The van der Waals surface area contributed by atoms with Gasteiger partial charge in [-0.1, -0.05) is 19.8 Å². The van der Waals surface area contributed by atoms with Crippen LogP contribution in [0.4, 0.5) is 0 Å². The first-order valence-electron chi connectivity index (χ1n) is 4.70. The van der Waals surface area contributed by atoms with E-state index < -0.39 is 0 Å². The Labute approximate surface area is 80.9 Å². The van der Waals surface area contributed by atoms with E-state index in [0.29, 0.717) is 5.71 Å². The van der Waals surface area contributed by atoms with Crippen LogP contribution in [0.2, 0.25) is 0 Å². The van der Waals surface area contributed by atoms with E-state index in [-0.39, 0.29) is 0 Å². The predicted octanol–water partition coefficient (Wildman–Crippen LogP) is 1.98. The molecule has 1 aliphatic rings. The number of rotatable bonds is 1. The second-order valence-electron chi connectivity index (χ2n) is 2.65. The highest BCUT2D eigenvalue weighted by Crippen LogP contribution is 2.11. The maximum absolute atomic E-state index is 7.43. The molecule has 2 nitrogen and oxygen atoms in total. The summed E-state index contributed by atoms with van der Waals surface area (Å²) in [5.74, 6) is 2.63. The lowest BCUT2D eigenvalue weighted by Gasteiger charge is -2.16. The van der Waals surface area contributed by atoms with Crippen LogP contribution in [0.15, 0.2) is 11.1 Å². The standard InChI is InChI=1S/C9H12N2.C2H6/c1-3-8-4-5-11-6-9(8)7(2)10;1-2/h1,10-11H,4-6H2,2H3;1-2H3. The highest BCUT2D eigenvalue weighted by Gasteiger charge is 2.11. The van der Waals surface area contributed by atoms with E-state index in [2.05, 4.69) is 11.2 Å². The molecule has 0 aliphatic carbocycles. The summed E-state index contributed by atoms with van der Waals surface area (Å²) in [4.78, 5) is 0. The molecule has 0 bridgehead atoms. The Morgan fingerprint density at radius 1 is 1.54 bits per heavy atom. The van der Waals surface area contributed by atoms with Gasteiger partial charge in [0, 0.05) is 24.4 Å². The molecule has 0 unspecified atom stereocenters. The number of hydrogen-bond acceptors (Lipinski definition) is 2. The fraction of sp³-hybridized carbons (Fsp3) is 0.545. The summed E-state index contributed by atoms with van der Waals surface area (Å²) in [7, 11) is 0. The third-order valence-corrected chi connectivity index (χ3v) is 1.84. The molecular formula is C11H18N2. The SMILES string of the molecule is C#CC1=C(C(C)=N)CNCC1.CC. The first kappa shape index (κ1) is 11.9. The molecule has 0 fully saturated rings. The van der Waals surface area contributed by atoms with Crippen molar-refractivity contribution in [3.8, 4) is 12.3 Å². The molecule has 2 heteroatoms. The zero-order valence-electron chi connectivity index (χ0n) is 8.70. The van der Waals surface area contributed by atoms with Crippen LogP contribution >= 0.6 is 0 Å². The molecule has 1 aliphatic heterocycles. The Bertz CT molecular complexity index is 243. The molecule has 0 aromatic rings. The fourth-order valence-electron chi connectivity index (χ4n) is 1.20. The van der Waals surface area contributed by atoms with Gasteiger partial charge in [0.2, 0.25) is 0 Å². The summed E-state index contributed by atoms with van der Waals surface area (Å²) in [6, 6.07) is 0. The van der Waals surface area contributed by atoms with Gasteiger partial charge in [-0.05, 0) is 18.9 Å². The van der Waals surface area contributed by atoms with Crippen LogP contribution in [0.3, 0.4) is 0 Å². The lowest BCUT2D eigenvalue weighted by molar-refractivity contribution is 0.702. The van der Waals surface area contributed by atoms with Crippen molar-refractivity contribution in [3.63, 3.8) is 0 Å². The molecule has 0 amide bonds. The largest absolute Gasteiger partial charge is 0.312 e. The lowest BCUT2D eigenvalue weighted by atomic mass is 9.99. The van der Waals surface area contributed by atoms with E-state index in [1.54, 1.807) is 6.92 Å². The van der Waals surface area contributed by atoms with Gasteiger partial charge in [-0.2, -0.15) is 0 Å². The van der Waals surface area contributed by atoms with Crippen LogP contribution in [-0.2, 0) is 0 Å². The Hall–Kier alpha value is -1.07. The van der Waals surface area contributed by atoms with Gasteiger partial charge < -0.3 is 10.7 Å². The summed E-state index contributed by atoms with van der Waals surface area (Å²) in [6.45, 7) is 7.48. The Kier molecular flexibility index (Phi) is 5.92. The van der Waals surface area contributed by atoms with Gasteiger partial charge in [-0.25, -0.2) is 0 Å². The van der Waals surface area contributed by atoms with Gasteiger partial charge in [0.1, 0.15) is 0 Å². The van der Waals surface area contributed by atoms with Crippen molar-refractivity contribution in [1.82, 2.24) is 5.32 Å². The molecule has 0 saturated heterocycles. The zero-order valence-corrected chi connectivity index (χ0v) is 8.70. The smallest absolute Gasteiger partial charge is 0.0337 e. The van der Waals surface area contributed by atoms with Crippen LogP contribution < -0.4 is 5.32 Å². The van der Waals surface area contributed by atoms with E-state index >= 15 is 0 Å². The van der Waals surface area contributed by atoms with E-state index in [4.69, 9.17) is 11.8 Å². The number of hydrogen-bond donors (Lipinski definition) is 2. The lowest BCUT2D eigenvalue weighted by Crippen LogP contribution is -2.27. The van der Waals surface area contributed by atoms with Crippen molar-refractivity contribution in [2.75, 3.05) is 13.1 Å².